The Hall–Kier alpha value is -1.82. The number of nitrogens with two attached hydrogens (primary N) is 1. The molecule has 0 radical (unpaired) electrons. The second-order valence-corrected chi connectivity index (χ2v) is 5.03. The average Bonchev–Trinajstić information content (AvgIpc) is 3.21. The molecule has 2 rings (SSSR count). The largest absolute Gasteiger partial charge is 0.377 e. The van der Waals surface area contributed by atoms with E-state index in [-0.39, 0.29) is 11.7 Å². The topological polar surface area (TPSA) is 93.2 Å². The zero-order chi connectivity index (χ0) is 13.8. The maximum Gasteiger partial charge on any atom is 0.316 e. The van der Waals surface area contributed by atoms with Crippen molar-refractivity contribution in [3.63, 3.8) is 0 Å². The number of anilines is 2. The summed E-state index contributed by atoms with van der Waals surface area (Å²) in [6.07, 6.45) is 4.59. The normalized spacial score (nSPS) is 15.9. The molecule has 1 aromatic rings. The van der Waals surface area contributed by atoms with Crippen LogP contribution in [0.3, 0.4) is 0 Å². The highest BCUT2D eigenvalue weighted by Gasteiger charge is 2.26. The van der Waals surface area contributed by atoms with Crippen LogP contribution in [0.4, 0.5) is 17.1 Å². The molecule has 4 N–H and O–H groups in total. The fraction of sp³-hybridized carbons (Fsp3) is 0.538. The van der Waals surface area contributed by atoms with Crippen molar-refractivity contribution in [2.75, 3.05) is 10.7 Å². The van der Waals surface area contributed by atoms with E-state index in [9.17, 15) is 10.1 Å². The van der Waals surface area contributed by atoms with Gasteiger partial charge >= 0.3 is 5.69 Å². The first-order chi connectivity index (χ1) is 9.15. The van der Waals surface area contributed by atoms with E-state index >= 15 is 0 Å². The molecule has 6 heteroatoms. The Morgan fingerprint density at radius 3 is 2.68 bits per heavy atom. The van der Waals surface area contributed by atoms with E-state index in [1.165, 1.54) is 12.8 Å². The molecule has 0 bridgehead atoms. The van der Waals surface area contributed by atoms with Crippen LogP contribution in [0, 0.1) is 16.0 Å². The summed E-state index contributed by atoms with van der Waals surface area (Å²) >= 11 is 0. The third-order valence-electron chi connectivity index (χ3n) is 3.54. The first-order valence-electron chi connectivity index (χ1n) is 6.66. The van der Waals surface area contributed by atoms with Gasteiger partial charge in [-0.2, -0.15) is 0 Å². The summed E-state index contributed by atoms with van der Waals surface area (Å²) in [6, 6.07) is 5.37. The van der Waals surface area contributed by atoms with Crippen molar-refractivity contribution in [1.29, 1.82) is 0 Å². The second kappa shape index (κ2) is 5.88. The Morgan fingerprint density at radius 1 is 1.47 bits per heavy atom. The molecular formula is C13H20N4O2. The third kappa shape index (κ3) is 3.35. The monoisotopic (exact) mass is 264 g/mol. The van der Waals surface area contributed by atoms with Gasteiger partial charge in [0.1, 0.15) is 11.4 Å². The molecule has 1 aromatic carbocycles. The minimum atomic E-state index is -0.401. The van der Waals surface area contributed by atoms with Gasteiger partial charge in [-0.15, -0.1) is 0 Å². The van der Waals surface area contributed by atoms with E-state index in [1.54, 1.807) is 18.2 Å². The molecule has 0 heterocycles. The fourth-order valence-electron chi connectivity index (χ4n) is 2.28. The van der Waals surface area contributed by atoms with Crippen LogP contribution in [0.2, 0.25) is 0 Å². The maximum atomic E-state index is 11.2. The number of hydrogen-bond acceptors (Lipinski definition) is 5. The molecule has 0 amide bonds. The Labute approximate surface area is 112 Å². The van der Waals surface area contributed by atoms with Crippen molar-refractivity contribution in [3.8, 4) is 0 Å². The highest BCUT2D eigenvalue weighted by molar-refractivity contribution is 5.76. The van der Waals surface area contributed by atoms with Gasteiger partial charge < -0.3 is 10.7 Å². The first kappa shape index (κ1) is 13.6. The minimum Gasteiger partial charge on any atom is -0.377 e. The van der Waals surface area contributed by atoms with Gasteiger partial charge in [0, 0.05) is 6.04 Å². The summed E-state index contributed by atoms with van der Waals surface area (Å²) in [5.41, 5.74) is 3.26. The molecule has 1 aliphatic carbocycles. The van der Waals surface area contributed by atoms with Crippen LogP contribution in [0.25, 0.3) is 0 Å². The number of hydrogen-bond donors (Lipinski definition) is 3. The summed E-state index contributed by atoms with van der Waals surface area (Å²) in [4.78, 5) is 10.8. The van der Waals surface area contributed by atoms with Crippen LogP contribution in [0.1, 0.15) is 32.6 Å². The number of benzene rings is 1. The zero-order valence-corrected chi connectivity index (χ0v) is 11.1. The molecule has 0 saturated heterocycles. The lowest BCUT2D eigenvalue weighted by Gasteiger charge is -2.18. The number of nitrogens with one attached hydrogen (secondary N) is 2. The molecule has 0 aliphatic heterocycles. The SMILES string of the molecule is CCC(CC1CC1)Nc1cccc(NN)c1[N+](=O)[O-]. The Kier molecular flexibility index (Phi) is 4.21. The van der Waals surface area contributed by atoms with Gasteiger partial charge in [-0.3, -0.25) is 16.0 Å². The number of nitro benzene ring substituents is 1. The summed E-state index contributed by atoms with van der Waals surface area (Å²) < 4.78 is 0. The lowest BCUT2D eigenvalue weighted by molar-refractivity contribution is -0.383. The van der Waals surface area contributed by atoms with Crippen LogP contribution in [-0.2, 0) is 0 Å². The van der Waals surface area contributed by atoms with Gasteiger partial charge in [0.2, 0.25) is 0 Å². The van der Waals surface area contributed by atoms with Crippen molar-refractivity contribution in [2.24, 2.45) is 11.8 Å². The molecule has 1 atom stereocenters. The van der Waals surface area contributed by atoms with E-state index < -0.39 is 4.92 Å². The van der Waals surface area contributed by atoms with E-state index in [0.717, 1.165) is 18.8 Å². The number of rotatable bonds is 7. The molecule has 1 saturated carbocycles. The molecule has 1 aliphatic rings. The van der Waals surface area contributed by atoms with Crippen molar-refractivity contribution in [3.05, 3.63) is 28.3 Å². The van der Waals surface area contributed by atoms with Gasteiger partial charge in [-0.25, -0.2) is 0 Å². The average molecular weight is 264 g/mol. The van der Waals surface area contributed by atoms with E-state index in [1.807, 2.05) is 0 Å². The Balaban J connectivity index is 2.19. The summed E-state index contributed by atoms with van der Waals surface area (Å²) in [6.45, 7) is 2.09. The molecule has 19 heavy (non-hydrogen) atoms. The molecule has 1 fully saturated rings. The van der Waals surface area contributed by atoms with Crippen molar-refractivity contribution < 1.29 is 4.92 Å². The third-order valence-corrected chi connectivity index (χ3v) is 3.54. The maximum absolute atomic E-state index is 11.2. The Bertz CT molecular complexity index is 460. The van der Waals surface area contributed by atoms with Crippen LogP contribution in [0.15, 0.2) is 18.2 Å². The molecule has 6 nitrogen and oxygen atoms in total. The van der Waals surface area contributed by atoms with E-state index in [0.29, 0.717) is 11.4 Å². The predicted octanol–water partition coefficient (Wildman–Crippen LogP) is 2.87. The lowest BCUT2D eigenvalue weighted by Crippen LogP contribution is -2.20. The van der Waals surface area contributed by atoms with Crippen LogP contribution < -0.4 is 16.6 Å². The van der Waals surface area contributed by atoms with Gasteiger partial charge in [0.15, 0.2) is 0 Å². The van der Waals surface area contributed by atoms with Gasteiger partial charge in [-0.1, -0.05) is 25.8 Å². The predicted molar refractivity (Wildman–Crippen MR) is 75.9 cm³/mol. The summed E-state index contributed by atoms with van der Waals surface area (Å²) in [5.74, 6) is 6.11. The molecule has 104 valence electrons. The quantitative estimate of drug-likeness (QED) is 0.400. The lowest BCUT2D eigenvalue weighted by atomic mass is 10.1. The molecule has 1 unspecified atom stereocenters. The minimum absolute atomic E-state index is 0.0132. The number of para-hydroxylation sites is 1. The van der Waals surface area contributed by atoms with Crippen LogP contribution in [0.5, 0.6) is 0 Å². The highest BCUT2D eigenvalue weighted by atomic mass is 16.6. The number of nitrogen functional groups attached to an aromatic ring is 1. The fourth-order valence-corrected chi connectivity index (χ4v) is 2.28. The molecular weight excluding hydrogens is 244 g/mol. The van der Waals surface area contributed by atoms with Crippen molar-refractivity contribution >= 4 is 17.1 Å². The van der Waals surface area contributed by atoms with E-state index in [2.05, 4.69) is 17.7 Å². The van der Waals surface area contributed by atoms with Crippen molar-refractivity contribution in [1.82, 2.24) is 0 Å². The number of hydrazine groups is 1. The van der Waals surface area contributed by atoms with Gasteiger partial charge in [0.25, 0.3) is 0 Å². The Morgan fingerprint density at radius 2 is 2.16 bits per heavy atom. The molecule has 0 aromatic heterocycles. The van der Waals surface area contributed by atoms with Crippen molar-refractivity contribution in [2.45, 2.75) is 38.6 Å². The van der Waals surface area contributed by atoms with Gasteiger partial charge in [-0.05, 0) is 30.9 Å². The first-order valence-corrected chi connectivity index (χ1v) is 6.66. The van der Waals surface area contributed by atoms with Gasteiger partial charge in [0.05, 0.1) is 4.92 Å². The summed E-state index contributed by atoms with van der Waals surface area (Å²) in [5, 5.41) is 14.5. The second-order valence-electron chi connectivity index (χ2n) is 5.03. The highest BCUT2D eigenvalue weighted by Crippen LogP contribution is 2.37. The zero-order valence-electron chi connectivity index (χ0n) is 11.1. The molecule has 0 spiro atoms. The van der Waals surface area contributed by atoms with Crippen LogP contribution in [-0.4, -0.2) is 11.0 Å². The smallest absolute Gasteiger partial charge is 0.316 e. The van der Waals surface area contributed by atoms with Crippen LogP contribution >= 0.6 is 0 Å². The standard InChI is InChI=1S/C13H20N4O2/c1-2-10(8-9-6-7-9)15-11-4-3-5-12(16-14)13(11)17(18)19/h3-5,9-10,15-16H,2,6-8,14H2,1H3. The number of nitrogens with zero attached hydrogens (tertiary/aromatic N) is 1. The van der Waals surface area contributed by atoms with E-state index in [4.69, 9.17) is 5.84 Å². The number of nitro groups is 1. The summed E-state index contributed by atoms with van der Waals surface area (Å²) in [7, 11) is 0.